The Morgan fingerprint density at radius 1 is 1.58 bits per heavy atom. The fourth-order valence-corrected chi connectivity index (χ4v) is 1.59. The topological polar surface area (TPSA) is 23.8 Å². The summed E-state index contributed by atoms with van der Waals surface area (Å²) in [6, 6.07) is 5.80. The van der Waals surface area contributed by atoms with Crippen LogP contribution in [0.1, 0.15) is 18.1 Å². The first-order valence-corrected chi connectivity index (χ1v) is 4.74. The van der Waals surface area contributed by atoms with Crippen LogP contribution >= 0.6 is 27.5 Å². The predicted molar refractivity (Wildman–Crippen MR) is 53.2 cm³/mol. The highest BCUT2D eigenvalue weighted by Gasteiger charge is 2.05. The molecule has 0 aliphatic heterocycles. The molecule has 3 heteroatoms. The number of halogens is 2. The fraction of sp³-hybridized carbons (Fsp3) is 0.222. The first-order valence-electron chi connectivity index (χ1n) is 3.57. The molecular weight excluding hydrogens is 237 g/mol. The minimum atomic E-state index is 0.495. The largest absolute Gasteiger partial charge is 0.192 e. The van der Waals surface area contributed by atoms with E-state index in [0.717, 1.165) is 16.5 Å². The second-order valence-corrected chi connectivity index (χ2v) is 3.64. The van der Waals surface area contributed by atoms with E-state index in [1.54, 1.807) is 0 Å². The highest BCUT2D eigenvalue weighted by molar-refractivity contribution is 9.10. The predicted octanol–water partition coefficient (Wildman–Crippen LogP) is 3.54. The minimum Gasteiger partial charge on any atom is -0.192 e. The normalized spacial score (nSPS) is 9.50. The highest BCUT2D eigenvalue weighted by Crippen LogP contribution is 2.27. The van der Waals surface area contributed by atoms with Gasteiger partial charge in [-0.3, -0.25) is 0 Å². The molecule has 0 amide bonds. The molecule has 12 heavy (non-hydrogen) atoms. The molecule has 1 rings (SSSR count). The Labute approximate surface area is 85.1 Å². The van der Waals surface area contributed by atoms with E-state index < -0.39 is 0 Å². The van der Waals surface area contributed by atoms with Crippen molar-refractivity contribution in [1.29, 1.82) is 5.26 Å². The molecule has 0 atom stereocenters. The molecule has 0 fully saturated rings. The number of hydrogen-bond acceptors (Lipinski definition) is 1. The van der Waals surface area contributed by atoms with Gasteiger partial charge in [0.2, 0.25) is 0 Å². The van der Waals surface area contributed by atoms with Gasteiger partial charge in [-0.15, -0.1) is 0 Å². The third kappa shape index (κ3) is 1.80. The molecule has 1 nitrogen and oxygen atoms in total. The molecule has 1 aromatic carbocycles. The molecular formula is C9H7BrClN. The number of nitrogens with zero attached hydrogens (tertiary/aromatic N) is 1. The Morgan fingerprint density at radius 3 is 2.75 bits per heavy atom. The van der Waals surface area contributed by atoms with Gasteiger partial charge in [0.25, 0.3) is 0 Å². The molecule has 0 aliphatic rings. The summed E-state index contributed by atoms with van der Waals surface area (Å²) < 4.78 is 0.792. The maximum atomic E-state index is 8.71. The summed E-state index contributed by atoms with van der Waals surface area (Å²) >= 11 is 9.15. The average Bonchev–Trinajstić information content (AvgIpc) is 2.09. The van der Waals surface area contributed by atoms with Gasteiger partial charge in [-0.25, -0.2) is 0 Å². The number of benzene rings is 1. The van der Waals surface area contributed by atoms with E-state index in [-0.39, 0.29) is 0 Å². The number of rotatable bonds is 1. The summed E-state index contributed by atoms with van der Waals surface area (Å²) in [5, 5.41) is 9.20. The number of aryl methyl sites for hydroxylation is 1. The third-order valence-corrected chi connectivity index (χ3v) is 2.88. The molecule has 0 N–H and O–H groups in total. The van der Waals surface area contributed by atoms with Crippen LogP contribution in [0.4, 0.5) is 0 Å². The van der Waals surface area contributed by atoms with Crippen LogP contribution in [0.5, 0.6) is 0 Å². The Kier molecular flexibility index (Phi) is 3.13. The molecule has 0 saturated heterocycles. The van der Waals surface area contributed by atoms with Crippen LogP contribution in [-0.4, -0.2) is 0 Å². The van der Waals surface area contributed by atoms with Gasteiger partial charge in [-0.2, -0.15) is 5.26 Å². The van der Waals surface area contributed by atoms with Gasteiger partial charge < -0.3 is 0 Å². The fourth-order valence-electron chi connectivity index (χ4n) is 0.931. The first-order chi connectivity index (χ1) is 5.69. The number of nitriles is 1. The lowest BCUT2D eigenvalue weighted by molar-refractivity contribution is 1.13. The number of hydrogen-bond donors (Lipinski definition) is 0. The van der Waals surface area contributed by atoms with Gasteiger partial charge >= 0.3 is 0 Å². The summed E-state index contributed by atoms with van der Waals surface area (Å²) in [6.45, 7) is 2.04. The molecule has 0 aliphatic carbocycles. The van der Waals surface area contributed by atoms with Gasteiger partial charge in [0, 0.05) is 4.47 Å². The SMILES string of the molecule is CCc1cc(Br)c(Cl)c(C#N)c1. The Hall–Kier alpha value is -0.520. The van der Waals surface area contributed by atoms with E-state index in [9.17, 15) is 0 Å². The van der Waals surface area contributed by atoms with Crippen LogP contribution in [0.25, 0.3) is 0 Å². The monoisotopic (exact) mass is 243 g/mol. The Bertz CT molecular complexity index is 341. The summed E-state index contributed by atoms with van der Waals surface area (Å²) in [5.74, 6) is 0. The molecule has 1 aromatic rings. The van der Waals surface area contributed by atoms with E-state index in [0.29, 0.717) is 10.6 Å². The molecule has 0 aromatic heterocycles. The molecule has 0 bridgehead atoms. The quantitative estimate of drug-likeness (QED) is 0.741. The molecule has 0 radical (unpaired) electrons. The standard InChI is InChI=1S/C9H7BrClN/c1-2-6-3-7(5-12)9(11)8(10)4-6/h3-4H,2H2,1H3. The first kappa shape index (κ1) is 9.57. The van der Waals surface area contributed by atoms with Gasteiger partial charge in [-0.05, 0) is 40.0 Å². The van der Waals surface area contributed by atoms with Crippen LogP contribution in [0.15, 0.2) is 16.6 Å². The summed E-state index contributed by atoms with van der Waals surface area (Å²) in [4.78, 5) is 0. The Balaban J connectivity index is 3.31. The van der Waals surface area contributed by atoms with Crippen LogP contribution in [-0.2, 0) is 6.42 Å². The van der Waals surface area contributed by atoms with Crippen molar-refractivity contribution >= 4 is 27.5 Å². The zero-order valence-electron chi connectivity index (χ0n) is 6.56. The zero-order chi connectivity index (χ0) is 9.14. The van der Waals surface area contributed by atoms with Crippen LogP contribution in [0, 0.1) is 11.3 Å². The van der Waals surface area contributed by atoms with E-state index in [1.165, 1.54) is 0 Å². The minimum absolute atomic E-state index is 0.495. The lowest BCUT2D eigenvalue weighted by atomic mass is 10.1. The third-order valence-electron chi connectivity index (χ3n) is 1.62. The summed E-state index contributed by atoms with van der Waals surface area (Å²) in [6.07, 6.45) is 0.907. The van der Waals surface area contributed by atoms with Crippen molar-refractivity contribution in [3.8, 4) is 6.07 Å². The lowest BCUT2D eigenvalue weighted by Crippen LogP contribution is -1.85. The van der Waals surface area contributed by atoms with Gasteiger partial charge in [-0.1, -0.05) is 18.5 Å². The van der Waals surface area contributed by atoms with Gasteiger partial charge in [0.15, 0.2) is 0 Å². The van der Waals surface area contributed by atoms with Crippen molar-refractivity contribution in [3.63, 3.8) is 0 Å². The van der Waals surface area contributed by atoms with Crippen molar-refractivity contribution in [1.82, 2.24) is 0 Å². The van der Waals surface area contributed by atoms with E-state index >= 15 is 0 Å². The van der Waals surface area contributed by atoms with Crippen LogP contribution < -0.4 is 0 Å². The van der Waals surface area contributed by atoms with Gasteiger partial charge in [0.05, 0.1) is 10.6 Å². The second-order valence-electron chi connectivity index (χ2n) is 2.40. The van der Waals surface area contributed by atoms with Crippen molar-refractivity contribution < 1.29 is 0 Å². The smallest absolute Gasteiger partial charge is 0.101 e. The second kappa shape index (κ2) is 3.93. The zero-order valence-corrected chi connectivity index (χ0v) is 8.91. The molecule has 0 saturated carbocycles. The van der Waals surface area contributed by atoms with Crippen molar-refractivity contribution in [3.05, 3.63) is 32.8 Å². The van der Waals surface area contributed by atoms with Crippen LogP contribution in [0.2, 0.25) is 5.02 Å². The summed E-state index contributed by atoms with van der Waals surface area (Å²) in [5.41, 5.74) is 1.64. The summed E-state index contributed by atoms with van der Waals surface area (Å²) in [7, 11) is 0. The van der Waals surface area contributed by atoms with Crippen molar-refractivity contribution in [2.75, 3.05) is 0 Å². The highest BCUT2D eigenvalue weighted by atomic mass is 79.9. The molecule has 0 spiro atoms. The molecule has 0 heterocycles. The van der Waals surface area contributed by atoms with Crippen LogP contribution in [0.3, 0.4) is 0 Å². The van der Waals surface area contributed by atoms with Crippen molar-refractivity contribution in [2.45, 2.75) is 13.3 Å². The molecule has 62 valence electrons. The maximum Gasteiger partial charge on any atom is 0.101 e. The maximum absolute atomic E-state index is 8.71. The van der Waals surface area contributed by atoms with E-state index in [2.05, 4.69) is 15.9 Å². The van der Waals surface area contributed by atoms with E-state index in [1.807, 2.05) is 25.1 Å². The van der Waals surface area contributed by atoms with E-state index in [4.69, 9.17) is 16.9 Å². The van der Waals surface area contributed by atoms with Gasteiger partial charge in [0.1, 0.15) is 6.07 Å². The average molecular weight is 245 g/mol. The van der Waals surface area contributed by atoms with Crippen molar-refractivity contribution in [2.24, 2.45) is 0 Å². The lowest BCUT2D eigenvalue weighted by Gasteiger charge is -2.01. The molecule has 0 unspecified atom stereocenters. The Morgan fingerprint density at radius 2 is 2.25 bits per heavy atom.